The van der Waals surface area contributed by atoms with Gasteiger partial charge in [0.15, 0.2) is 0 Å². The normalized spacial score (nSPS) is 14.6. The van der Waals surface area contributed by atoms with Crippen molar-refractivity contribution < 1.29 is 14.6 Å². The first-order chi connectivity index (χ1) is 16.5. The van der Waals surface area contributed by atoms with Crippen molar-refractivity contribution in [2.45, 2.75) is 19.8 Å². The van der Waals surface area contributed by atoms with E-state index in [0.717, 1.165) is 70.9 Å². The number of aryl methyl sites for hydroxylation is 2. The van der Waals surface area contributed by atoms with Crippen LogP contribution >= 0.6 is 11.3 Å². The standard InChI is InChI=1S/C26H33N3O4S/c1-19-22-17-20(21-6-8-24(31)27(2)18-21)5-7-23(22)34-25(19)26(32)29(9-3-4-14-30)11-10-28-12-15-33-16-13-28/h5-8,17-18,30H,3-4,9-16H2,1-2H3. The number of morpholine rings is 1. The highest BCUT2D eigenvalue weighted by molar-refractivity contribution is 7.21. The molecule has 1 N–H and O–H groups in total. The molecule has 1 aliphatic heterocycles. The van der Waals surface area contributed by atoms with Crippen LogP contribution in [0.5, 0.6) is 0 Å². The number of hydrogen-bond donors (Lipinski definition) is 1. The van der Waals surface area contributed by atoms with E-state index in [2.05, 4.69) is 17.0 Å². The minimum atomic E-state index is -0.0391. The van der Waals surface area contributed by atoms with E-state index in [0.29, 0.717) is 19.5 Å². The van der Waals surface area contributed by atoms with Gasteiger partial charge in [-0.3, -0.25) is 14.5 Å². The number of unbranched alkanes of at least 4 members (excludes halogenated alkanes) is 1. The number of aromatic nitrogens is 1. The van der Waals surface area contributed by atoms with Crippen LogP contribution in [-0.2, 0) is 11.8 Å². The number of hydrogen-bond acceptors (Lipinski definition) is 6. The van der Waals surface area contributed by atoms with Crippen LogP contribution in [0.25, 0.3) is 21.2 Å². The van der Waals surface area contributed by atoms with Crippen LogP contribution in [0.1, 0.15) is 28.1 Å². The predicted molar refractivity (Wildman–Crippen MR) is 137 cm³/mol. The zero-order chi connectivity index (χ0) is 24.1. The SMILES string of the molecule is Cc1c(C(=O)N(CCCCO)CCN2CCOCC2)sc2ccc(-c3ccc(=O)n(C)c3)cc12. The van der Waals surface area contributed by atoms with Crippen LogP contribution in [0.3, 0.4) is 0 Å². The zero-order valence-corrected chi connectivity index (χ0v) is 20.8. The van der Waals surface area contributed by atoms with E-state index in [-0.39, 0.29) is 18.1 Å². The monoisotopic (exact) mass is 483 g/mol. The van der Waals surface area contributed by atoms with Crippen molar-refractivity contribution in [2.75, 3.05) is 52.5 Å². The molecule has 4 rings (SSSR count). The average Bonchev–Trinajstić information content (AvgIpc) is 3.19. The molecule has 3 aromatic rings. The van der Waals surface area contributed by atoms with Crippen molar-refractivity contribution in [3.05, 3.63) is 57.3 Å². The summed E-state index contributed by atoms with van der Waals surface area (Å²) in [7, 11) is 1.75. The molecule has 3 heterocycles. The Hall–Kier alpha value is -2.52. The van der Waals surface area contributed by atoms with Gasteiger partial charge < -0.3 is 19.3 Å². The number of rotatable bonds is 9. The number of benzene rings is 1. The van der Waals surface area contributed by atoms with Crippen LogP contribution < -0.4 is 5.56 Å². The molecule has 0 atom stereocenters. The number of nitrogens with zero attached hydrogens (tertiary/aromatic N) is 3. The second-order valence-electron chi connectivity index (χ2n) is 8.81. The Labute approximate surface area is 204 Å². The summed E-state index contributed by atoms with van der Waals surface area (Å²) in [6, 6.07) is 9.64. The molecule has 0 unspecified atom stereocenters. The summed E-state index contributed by atoms with van der Waals surface area (Å²) in [5.74, 6) is 0.0635. The number of amides is 1. The molecule has 1 aliphatic rings. The lowest BCUT2D eigenvalue weighted by atomic mass is 10.0. The van der Waals surface area contributed by atoms with Gasteiger partial charge in [0.1, 0.15) is 0 Å². The van der Waals surface area contributed by atoms with Gasteiger partial charge in [0, 0.05) is 63.3 Å². The molecule has 0 aliphatic carbocycles. The Morgan fingerprint density at radius 3 is 2.62 bits per heavy atom. The van der Waals surface area contributed by atoms with E-state index in [9.17, 15) is 14.7 Å². The molecule has 2 aromatic heterocycles. The first-order valence-electron chi connectivity index (χ1n) is 11.9. The van der Waals surface area contributed by atoms with E-state index in [1.165, 1.54) is 0 Å². The summed E-state index contributed by atoms with van der Waals surface area (Å²) in [6.07, 6.45) is 3.31. The number of pyridine rings is 1. The lowest BCUT2D eigenvalue weighted by Gasteiger charge is -2.30. The summed E-state index contributed by atoms with van der Waals surface area (Å²) in [6.45, 7) is 7.57. The fraction of sp³-hybridized carbons (Fsp3) is 0.462. The van der Waals surface area contributed by atoms with Crippen molar-refractivity contribution in [3.63, 3.8) is 0 Å². The molecular weight excluding hydrogens is 450 g/mol. The lowest BCUT2D eigenvalue weighted by Crippen LogP contribution is -2.43. The van der Waals surface area contributed by atoms with Gasteiger partial charge in [-0.2, -0.15) is 0 Å². The Kier molecular flexibility index (Phi) is 8.15. The number of carbonyl (C=O) groups excluding carboxylic acids is 1. The van der Waals surface area contributed by atoms with E-state index in [1.54, 1.807) is 29.0 Å². The number of ether oxygens (including phenoxy) is 1. The molecule has 182 valence electrons. The Morgan fingerprint density at radius 1 is 1.12 bits per heavy atom. The summed E-state index contributed by atoms with van der Waals surface area (Å²) < 4.78 is 8.10. The molecule has 8 heteroatoms. The van der Waals surface area contributed by atoms with Crippen molar-refractivity contribution in [3.8, 4) is 11.1 Å². The molecule has 0 saturated carbocycles. The number of aliphatic hydroxyl groups is 1. The lowest BCUT2D eigenvalue weighted by molar-refractivity contribution is 0.0324. The van der Waals surface area contributed by atoms with Gasteiger partial charge in [0.05, 0.1) is 18.1 Å². The third-order valence-corrected chi connectivity index (χ3v) is 7.72. The number of fused-ring (bicyclic) bond motifs is 1. The maximum Gasteiger partial charge on any atom is 0.264 e. The third kappa shape index (κ3) is 5.58. The van der Waals surface area contributed by atoms with Crippen molar-refractivity contribution >= 4 is 27.3 Å². The summed E-state index contributed by atoms with van der Waals surface area (Å²) in [5, 5.41) is 10.3. The number of aliphatic hydroxyl groups excluding tert-OH is 1. The minimum absolute atomic E-state index is 0.0391. The summed E-state index contributed by atoms with van der Waals surface area (Å²) in [5.41, 5.74) is 2.95. The number of thiophene rings is 1. The molecule has 1 fully saturated rings. The Morgan fingerprint density at radius 2 is 1.88 bits per heavy atom. The predicted octanol–water partition coefficient (Wildman–Crippen LogP) is 3.12. The van der Waals surface area contributed by atoms with E-state index < -0.39 is 0 Å². The molecule has 0 spiro atoms. The first kappa shape index (κ1) is 24.6. The quantitative estimate of drug-likeness (QED) is 0.474. The zero-order valence-electron chi connectivity index (χ0n) is 20.0. The molecule has 1 amide bonds. The van der Waals surface area contributed by atoms with Crippen LogP contribution in [-0.4, -0.2) is 77.9 Å². The van der Waals surface area contributed by atoms with Crippen LogP contribution in [0.4, 0.5) is 0 Å². The van der Waals surface area contributed by atoms with Crippen molar-refractivity contribution in [2.24, 2.45) is 7.05 Å². The van der Waals surface area contributed by atoms with Gasteiger partial charge in [0.25, 0.3) is 5.91 Å². The highest BCUT2D eigenvalue weighted by Gasteiger charge is 2.22. The smallest absolute Gasteiger partial charge is 0.264 e. The van der Waals surface area contributed by atoms with E-state index >= 15 is 0 Å². The van der Waals surface area contributed by atoms with Crippen molar-refractivity contribution in [1.29, 1.82) is 0 Å². The molecule has 7 nitrogen and oxygen atoms in total. The first-order valence-corrected chi connectivity index (χ1v) is 12.7. The second-order valence-corrected chi connectivity index (χ2v) is 9.86. The summed E-state index contributed by atoms with van der Waals surface area (Å²) in [4.78, 5) is 30.4. The van der Waals surface area contributed by atoms with Gasteiger partial charge in [0.2, 0.25) is 5.56 Å². The fourth-order valence-corrected chi connectivity index (χ4v) is 5.49. The fourth-order valence-electron chi connectivity index (χ4n) is 4.33. The van der Waals surface area contributed by atoms with Crippen LogP contribution in [0.2, 0.25) is 0 Å². The largest absolute Gasteiger partial charge is 0.396 e. The van der Waals surface area contributed by atoms with Gasteiger partial charge in [-0.1, -0.05) is 6.07 Å². The van der Waals surface area contributed by atoms with Gasteiger partial charge in [-0.25, -0.2) is 0 Å². The highest BCUT2D eigenvalue weighted by Crippen LogP contribution is 2.34. The molecule has 0 radical (unpaired) electrons. The van der Waals surface area contributed by atoms with Gasteiger partial charge in [-0.15, -0.1) is 11.3 Å². The maximum atomic E-state index is 13.6. The minimum Gasteiger partial charge on any atom is -0.396 e. The molecule has 1 saturated heterocycles. The second kappa shape index (κ2) is 11.3. The summed E-state index contributed by atoms with van der Waals surface area (Å²) >= 11 is 1.54. The van der Waals surface area contributed by atoms with E-state index in [1.807, 2.05) is 30.2 Å². The Bertz CT molecular complexity index is 1200. The number of carbonyl (C=O) groups is 1. The molecular formula is C26H33N3O4S. The van der Waals surface area contributed by atoms with Crippen LogP contribution in [0.15, 0.2) is 41.3 Å². The topological polar surface area (TPSA) is 75.0 Å². The molecule has 0 bridgehead atoms. The average molecular weight is 484 g/mol. The third-order valence-electron chi connectivity index (χ3n) is 6.46. The van der Waals surface area contributed by atoms with Crippen molar-refractivity contribution in [1.82, 2.24) is 14.4 Å². The maximum absolute atomic E-state index is 13.6. The molecule has 34 heavy (non-hydrogen) atoms. The van der Waals surface area contributed by atoms with Crippen LogP contribution in [0, 0.1) is 6.92 Å². The van der Waals surface area contributed by atoms with Gasteiger partial charge >= 0.3 is 0 Å². The molecule has 1 aromatic carbocycles. The van der Waals surface area contributed by atoms with E-state index in [4.69, 9.17) is 4.74 Å². The highest BCUT2D eigenvalue weighted by atomic mass is 32.1. The van der Waals surface area contributed by atoms with Gasteiger partial charge in [-0.05, 0) is 60.0 Å². The Balaban J connectivity index is 1.58.